The monoisotopic (exact) mass is 273 g/mol. The maximum atomic E-state index is 6.37. The first kappa shape index (κ1) is 12.6. The summed E-state index contributed by atoms with van der Waals surface area (Å²) in [5, 5.41) is 4.06. The first-order chi connectivity index (χ1) is 9.36. The van der Waals surface area contributed by atoms with Crippen LogP contribution in [-0.2, 0) is 4.74 Å². The largest absolute Gasteiger partial charge is 0.371 e. The van der Waals surface area contributed by atoms with Crippen molar-refractivity contribution >= 4 is 11.6 Å². The van der Waals surface area contributed by atoms with Gasteiger partial charge < -0.3 is 10.1 Å². The summed E-state index contributed by atoms with van der Waals surface area (Å²) < 4.78 is 5.83. The molecule has 2 aromatic rings. The number of nitrogens with zero attached hydrogens (tertiary/aromatic N) is 1. The SMILES string of the molecule is Clc1cccc(-c2[c]nccc2)c1C1CNCCO1. The van der Waals surface area contributed by atoms with Gasteiger partial charge in [-0.15, -0.1) is 0 Å². The zero-order chi connectivity index (χ0) is 13.1. The number of ether oxygens (including phenoxy) is 1. The van der Waals surface area contributed by atoms with E-state index in [1.165, 1.54) is 0 Å². The molecule has 1 atom stereocenters. The van der Waals surface area contributed by atoms with E-state index >= 15 is 0 Å². The Hall–Kier alpha value is -1.42. The molecule has 2 heterocycles. The topological polar surface area (TPSA) is 34.2 Å². The van der Waals surface area contributed by atoms with Crippen molar-refractivity contribution in [2.75, 3.05) is 19.7 Å². The third-order valence-electron chi connectivity index (χ3n) is 3.20. The van der Waals surface area contributed by atoms with Crippen molar-refractivity contribution in [1.29, 1.82) is 0 Å². The maximum Gasteiger partial charge on any atom is 0.0970 e. The summed E-state index contributed by atoms with van der Waals surface area (Å²) in [6.07, 6.45) is 4.70. The molecule has 1 fully saturated rings. The highest BCUT2D eigenvalue weighted by Gasteiger charge is 2.22. The summed E-state index contributed by atoms with van der Waals surface area (Å²) >= 11 is 6.37. The standard InChI is InChI=1S/C15H14ClN2O/c16-13-5-1-4-12(11-3-2-6-17-9-11)15(13)14-10-18-7-8-19-14/h1-6,14,18H,7-8,10H2. The number of pyridine rings is 1. The van der Waals surface area contributed by atoms with Crippen LogP contribution in [0, 0.1) is 6.20 Å². The molecule has 1 aromatic heterocycles. The molecule has 1 N–H and O–H groups in total. The second kappa shape index (κ2) is 5.70. The van der Waals surface area contributed by atoms with Crippen LogP contribution in [0.1, 0.15) is 11.7 Å². The first-order valence-electron chi connectivity index (χ1n) is 6.30. The summed E-state index contributed by atoms with van der Waals surface area (Å²) in [6, 6.07) is 9.76. The zero-order valence-corrected chi connectivity index (χ0v) is 11.2. The molecule has 0 aliphatic carbocycles. The lowest BCUT2D eigenvalue weighted by Crippen LogP contribution is -2.33. The van der Waals surface area contributed by atoms with Gasteiger partial charge in [-0.25, -0.2) is 0 Å². The predicted octanol–water partition coefficient (Wildman–Crippen LogP) is 2.86. The van der Waals surface area contributed by atoms with Crippen LogP contribution in [0.4, 0.5) is 0 Å². The molecule has 0 amide bonds. The van der Waals surface area contributed by atoms with E-state index in [0.29, 0.717) is 6.61 Å². The van der Waals surface area contributed by atoms with Crippen molar-refractivity contribution in [3.8, 4) is 11.1 Å². The Morgan fingerprint density at radius 3 is 3.00 bits per heavy atom. The van der Waals surface area contributed by atoms with Crippen LogP contribution in [0.15, 0.2) is 36.5 Å². The second-order valence-corrected chi connectivity index (χ2v) is 4.83. The Balaban J connectivity index is 2.07. The molecule has 1 aliphatic heterocycles. The fourth-order valence-corrected chi connectivity index (χ4v) is 2.62. The van der Waals surface area contributed by atoms with Gasteiger partial charge in [0.2, 0.25) is 0 Å². The Labute approximate surface area is 117 Å². The van der Waals surface area contributed by atoms with Crippen molar-refractivity contribution in [2.45, 2.75) is 6.10 Å². The molecule has 1 radical (unpaired) electrons. The molecule has 4 heteroatoms. The zero-order valence-electron chi connectivity index (χ0n) is 10.4. The number of hydrogen-bond donors (Lipinski definition) is 1. The van der Waals surface area contributed by atoms with Crippen LogP contribution in [0.5, 0.6) is 0 Å². The lowest BCUT2D eigenvalue weighted by atomic mass is 9.96. The molecule has 0 bridgehead atoms. The van der Waals surface area contributed by atoms with E-state index in [4.69, 9.17) is 16.3 Å². The molecule has 1 unspecified atom stereocenters. The summed E-state index contributed by atoms with van der Waals surface area (Å²) in [5.74, 6) is 0. The molecule has 0 spiro atoms. The number of morpholine rings is 1. The Morgan fingerprint density at radius 2 is 2.26 bits per heavy atom. The number of aromatic nitrogens is 1. The highest BCUT2D eigenvalue weighted by atomic mass is 35.5. The molecule has 1 aliphatic rings. The van der Waals surface area contributed by atoms with E-state index < -0.39 is 0 Å². The minimum absolute atomic E-state index is 0.0222. The average Bonchev–Trinajstić information content (AvgIpc) is 2.49. The highest BCUT2D eigenvalue weighted by molar-refractivity contribution is 6.31. The lowest BCUT2D eigenvalue weighted by molar-refractivity contribution is 0.0281. The van der Waals surface area contributed by atoms with Gasteiger partial charge in [-0.1, -0.05) is 29.8 Å². The minimum Gasteiger partial charge on any atom is -0.371 e. The summed E-state index contributed by atoms with van der Waals surface area (Å²) in [7, 11) is 0. The van der Waals surface area contributed by atoms with E-state index in [9.17, 15) is 0 Å². The van der Waals surface area contributed by atoms with Gasteiger partial charge in [0.05, 0.1) is 18.9 Å². The summed E-state index contributed by atoms with van der Waals surface area (Å²) in [4.78, 5) is 4.05. The fraction of sp³-hybridized carbons (Fsp3) is 0.267. The van der Waals surface area contributed by atoms with E-state index in [0.717, 1.165) is 34.8 Å². The van der Waals surface area contributed by atoms with E-state index in [-0.39, 0.29) is 6.10 Å². The van der Waals surface area contributed by atoms with E-state index in [1.54, 1.807) is 6.20 Å². The molecule has 3 rings (SSSR count). The maximum absolute atomic E-state index is 6.37. The Kier molecular flexibility index (Phi) is 3.78. The number of nitrogens with one attached hydrogen (secondary N) is 1. The molecule has 0 saturated carbocycles. The summed E-state index contributed by atoms with van der Waals surface area (Å²) in [6.45, 7) is 2.36. The summed E-state index contributed by atoms with van der Waals surface area (Å²) in [5.41, 5.74) is 2.99. The van der Waals surface area contributed by atoms with Gasteiger partial charge in [-0.3, -0.25) is 4.98 Å². The van der Waals surface area contributed by atoms with Gasteiger partial charge in [0.15, 0.2) is 0 Å². The van der Waals surface area contributed by atoms with Crippen LogP contribution in [-0.4, -0.2) is 24.7 Å². The number of rotatable bonds is 2. The van der Waals surface area contributed by atoms with Gasteiger partial charge >= 0.3 is 0 Å². The van der Waals surface area contributed by atoms with Gasteiger partial charge in [0.25, 0.3) is 0 Å². The van der Waals surface area contributed by atoms with Crippen molar-refractivity contribution in [1.82, 2.24) is 10.3 Å². The normalized spacial score (nSPS) is 19.3. The van der Waals surface area contributed by atoms with E-state index in [1.807, 2.05) is 30.3 Å². The quantitative estimate of drug-likeness (QED) is 0.914. The highest BCUT2D eigenvalue weighted by Crippen LogP contribution is 2.35. The average molecular weight is 274 g/mol. The van der Waals surface area contributed by atoms with Crippen molar-refractivity contribution in [3.05, 3.63) is 53.3 Å². The molecular formula is C15H14ClN2O. The van der Waals surface area contributed by atoms with Crippen molar-refractivity contribution in [3.63, 3.8) is 0 Å². The Morgan fingerprint density at radius 1 is 1.32 bits per heavy atom. The minimum atomic E-state index is -0.0222. The van der Waals surface area contributed by atoms with E-state index in [2.05, 4.69) is 16.5 Å². The molecule has 1 saturated heterocycles. The van der Waals surface area contributed by atoms with Gasteiger partial charge in [-0.2, -0.15) is 0 Å². The lowest BCUT2D eigenvalue weighted by Gasteiger charge is -2.26. The molecule has 1 aromatic carbocycles. The molecular weight excluding hydrogens is 260 g/mol. The number of benzene rings is 1. The van der Waals surface area contributed by atoms with Crippen molar-refractivity contribution < 1.29 is 4.74 Å². The van der Waals surface area contributed by atoms with Gasteiger partial charge in [-0.05, 0) is 17.7 Å². The van der Waals surface area contributed by atoms with Crippen LogP contribution < -0.4 is 5.32 Å². The number of hydrogen-bond acceptors (Lipinski definition) is 3. The molecule has 3 nitrogen and oxygen atoms in total. The first-order valence-corrected chi connectivity index (χ1v) is 6.68. The van der Waals surface area contributed by atoms with Crippen molar-refractivity contribution in [2.24, 2.45) is 0 Å². The van der Waals surface area contributed by atoms with Gasteiger partial charge in [0, 0.05) is 35.4 Å². The predicted molar refractivity (Wildman–Crippen MR) is 75.1 cm³/mol. The Bertz CT molecular complexity index is 553. The van der Waals surface area contributed by atoms with Crippen LogP contribution in [0.3, 0.4) is 0 Å². The smallest absolute Gasteiger partial charge is 0.0970 e. The molecule has 19 heavy (non-hydrogen) atoms. The molecule has 97 valence electrons. The van der Waals surface area contributed by atoms with Crippen LogP contribution in [0.25, 0.3) is 11.1 Å². The fourth-order valence-electron chi connectivity index (χ4n) is 2.33. The third-order valence-corrected chi connectivity index (χ3v) is 3.53. The number of halogens is 1. The van der Waals surface area contributed by atoms with Crippen LogP contribution in [0.2, 0.25) is 5.02 Å². The van der Waals surface area contributed by atoms with Gasteiger partial charge in [0.1, 0.15) is 0 Å². The second-order valence-electron chi connectivity index (χ2n) is 4.43. The van der Waals surface area contributed by atoms with Crippen LogP contribution >= 0.6 is 11.6 Å². The third kappa shape index (κ3) is 2.63.